The molecule has 0 spiro atoms. The zero-order valence-corrected chi connectivity index (χ0v) is 19.0. The third-order valence-corrected chi connectivity index (χ3v) is 5.00. The van der Waals surface area contributed by atoms with Crippen LogP contribution in [0, 0.1) is 0 Å². The van der Waals surface area contributed by atoms with Gasteiger partial charge in [-0.25, -0.2) is 19.4 Å². The Kier molecular flexibility index (Phi) is 10.0. The maximum Gasteiger partial charge on any atom is 0.335 e. The number of ether oxygens (including phenoxy) is 4. The lowest BCUT2D eigenvalue weighted by molar-refractivity contribution is -0.223. The number of esters is 4. The van der Waals surface area contributed by atoms with E-state index in [9.17, 15) is 19.2 Å². The fourth-order valence-corrected chi connectivity index (χ4v) is 3.11. The molecule has 2 fully saturated rings. The summed E-state index contributed by atoms with van der Waals surface area (Å²) < 4.78 is 20.6. The van der Waals surface area contributed by atoms with Crippen molar-refractivity contribution >= 4 is 23.9 Å². The Labute approximate surface area is 187 Å². The number of rotatable bonds is 8. The predicted molar refractivity (Wildman–Crippen MR) is 111 cm³/mol. The van der Waals surface area contributed by atoms with Gasteiger partial charge in [0.05, 0.1) is 0 Å². The summed E-state index contributed by atoms with van der Waals surface area (Å²) in [5.74, 6) is -2.95. The van der Waals surface area contributed by atoms with Crippen LogP contribution in [-0.4, -0.2) is 123 Å². The SMILES string of the molecule is CC(=O)OC(OC(=O)/C=C\C(=O)OC(OC(C)=O)N1CCN(C)CC1)N1CCN(C)CC1. The first-order valence-electron chi connectivity index (χ1n) is 10.4. The lowest BCUT2D eigenvalue weighted by Crippen LogP contribution is -2.51. The number of hydrogen-bond donors (Lipinski definition) is 0. The van der Waals surface area contributed by atoms with Crippen molar-refractivity contribution < 1.29 is 38.1 Å². The van der Waals surface area contributed by atoms with E-state index in [-0.39, 0.29) is 0 Å². The molecule has 0 aromatic rings. The highest BCUT2D eigenvalue weighted by molar-refractivity contribution is 5.91. The van der Waals surface area contributed by atoms with E-state index in [0.717, 1.165) is 38.3 Å². The molecule has 32 heavy (non-hydrogen) atoms. The van der Waals surface area contributed by atoms with Gasteiger partial charge in [0, 0.05) is 78.4 Å². The van der Waals surface area contributed by atoms with Crippen molar-refractivity contribution in [2.45, 2.75) is 26.7 Å². The highest BCUT2D eigenvalue weighted by Crippen LogP contribution is 2.11. The van der Waals surface area contributed by atoms with E-state index in [0.29, 0.717) is 26.2 Å². The van der Waals surface area contributed by atoms with Gasteiger partial charge in [-0.2, -0.15) is 0 Å². The second kappa shape index (κ2) is 12.5. The molecular weight excluding hydrogens is 424 g/mol. The van der Waals surface area contributed by atoms with Gasteiger partial charge in [0.2, 0.25) is 0 Å². The van der Waals surface area contributed by atoms with Crippen LogP contribution >= 0.6 is 0 Å². The van der Waals surface area contributed by atoms with Crippen molar-refractivity contribution in [1.29, 1.82) is 0 Å². The molecule has 12 heteroatoms. The van der Waals surface area contributed by atoms with Gasteiger partial charge in [-0.05, 0) is 14.1 Å². The van der Waals surface area contributed by atoms with Crippen LogP contribution in [0.1, 0.15) is 13.8 Å². The molecule has 2 atom stereocenters. The van der Waals surface area contributed by atoms with Gasteiger partial charge in [0.25, 0.3) is 0 Å². The fourth-order valence-electron chi connectivity index (χ4n) is 3.11. The summed E-state index contributed by atoms with van der Waals surface area (Å²) in [6.07, 6.45) is -0.616. The quantitative estimate of drug-likeness (QED) is 0.248. The first-order valence-corrected chi connectivity index (χ1v) is 10.4. The van der Waals surface area contributed by atoms with Gasteiger partial charge in [0.15, 0.2) is 0 Å². The first-order chi connectivity index (χ1) is 15.1. The number of piperazine rings is 2. The molecule has 0 bridgehead atoms. The van der Waals surface area contributed by atoms with Gasteiger partial charge in [0.1, 0.15) is 0 Å². The molecule has 2 rings (SSSR count). The first kappa shape index (κ1) is 25.7. The van der Waals surface area contributed by atoms with Gasteiger partial charge in [-0.3, -0.25) is 9.59 Å². The minimum absolute atomic E-state index is 0.544. The van der Waals surface area contributed by atoms with E-state index in [1.54, 1.807) is 9.80 Å². The summed E-state index contributed by atoms with van der Waals surface area (Å²) in [6.45, 7) is 7.51. The minimum Gasteiger partial charge on any atom is -0.411 e. The number of carbonyl (C=O) groups excluding carboxylic acids is 4. The molecule has 0 aliphatic carbocycles. The lowest BCUT2D eigenvalue weighted by atomic mass is 10.3. The molecule has 2 aliphatic heterocycles. The predicted octanol–water partition coefficient (Wildman–Crippen LogP) is -1.18. The molecule has 0 amide bonds. The van der Waals surface area contributed by atoms with Gasteiger partial charge >= 0.3 is 36.7 Å². The zero-order valence-electron chi connectivity index (χ0n) is 19.0. The van der Waals surface area contributed by atoms with Crippen LogP contribution < -0.4 is 0 Å². The number of carbonyl (C=O) groups is 4. The molecule has 2 saturated heterocycles. The summed E-state index contributed by atoms with van der Waals surface area (Å²) in [7, 11) is 3.92. The van der Waals surface area contributed by atoms with Crippen molar-refractivity contribution in [3.05, 3.63) is 12.2 Å². The standard InChI is InChI=1S/C20H32N4O8/c1-15(25)29-19(23-11-7-21(3)8-12-23)31-17(27)5-6-18(28)32-20(30-16(2)26)24-13-9-22(4)10-14-24/h5-6,19-20H,7-14H2,1-4H3/b6-5-. The normalized spacial score (nSPS) is 21.0. The Morgan fingerprint density at radius 3 is 1.19 bits per heavy atom. The molecule has 2 heterocycles. The van der Waals surface area contributed by atoms with Crippen molar-refractivity contribution in [3.63, 3.8) is 0 Å². The second-order valence-corrected chi connectivity index (χ2v) is 7.72. The molecule has 0 saturated carbocycles. The lowest BCUT2D eigenvalue weighted by Gasteiger charge is -2.36. The maximum absolute atomic E-state index is 12.2. The molecule has 0 radical (unpaired) electrons. The van der Waals surface area contributed by atoms with Gasteiger partial charge < -0.3 is 28.7 Å². The average molecular weight is 456 g/mol. The molecular formula is C20H32N4O8. The molecule has 2 aliphatic rings. The van der Waals surface area contributed by atoms with E-state index in [1.807, 2.05) is 14.1 Å². The van der Waals surface area contributed by atoms with Crippen molar-refractivity contribution in [1.82, 2.24) is 19.6 Å². The summed E-state index contributed by atoms with van der Waals surface area (Å²) in [5.41, 5.74) is 0. The molecule has 180 valence electrons. The van der Waals surface area contributed by atoms with Crippen LogP contribution in [0.3, 0.4) is 0 Å². The zero-order chi connectivity index (χ0) is 23.7. The Morgan fingerprint density at radius 2 is 0.906 bits per heavy atom. The van der Waals surface area contributed by atoms with Crippen molar-refractivity contribution in [2.24, 2.45) is 0 Å². The van der Waals surface area contributed by atoms with E-state index >= 15 is 0 Å². The topological polar surface area (TPSA) is 118 Å². The molecule has 2 unspecified atom stereocenters. The van der Waals surface area contributed by atoms with Crippen molar-refractivity contribution in [3.8, 4) is 0 Å². The smallest absolute Gasteiger partial charge is 0.335 e. The van der Waals surface area contributed by atoms with Gasteiger partial charge in [-0.1, -0.05) is 0 Å². The third kappa shape index (κ3) is 8.91. The van der Waals surface area contributed by atoms with E-state index in [4.69, 9.17) is 18.9 Å². The molecule has 0 N–H and O–H groups in total. The Balaban J connectivity index is 1.92. The second-order valence-electron chi connectivity index (χ2n) is 7.72. The van der Waals surface area contributed by atoms with Crippen LogP contribution in [0.2, 0.25) is 0 Å². The Bertz CT molecular complexity index is 642. The molecule has 0 aromatic carbocycles. The van der Waals surface area contributed by atoms with Crippen molar-refractivity contribution in [2.75, 3.05) is 66.5 Å². The summed E-state index contributed by atoms with van der Waals surface area (Å²) >= 11 is 0. The van der Waals surface area contributed by atoms with Crippen LogP contribution in [0.4, 0.5) is 0 Å². The fraction of sp³-hybridized carbons (Fsp3) is 0.700. The third-order valence-electron chi connectivity index (χ3n) is 5.00. The molecule has 12 nitrogen and oxygen atoms in total. The number of hydrogen-bond acceptors (Lipinski definition) is 12. The maximum atomic E-state index is 12.2. The highest BCUT2D eigenvalue weighted by Gasteiger charge is 2.29. The Morgan fingerprint density at radius 1 is 0.594 bits per heavy atom. The average Bonchev–Trinajstić information content (AvgIpc) is 2.72. The molecule has 0 aromatic heterocycles. The summed E-state index contributed by atoms with van der Waals surface area (Å²) in [4.78, 5) is 54.8. The summed E-state index contributed by atoms with van der Waals surface area (Å²) in [5, 5.41) is 0. The Hall–Kier alpha value is -2.54. The van der Waals surface area contributed by atoms with Gasteiger partial charge in [-0.15, -0.1) is 0 Å². The monoisotopic (exact) mass is 456 g/mol. The van der Waals surface area contributed by atoms with E-state index in [2.05, 4.69) is 9.80 Å². The number of nitrogens with zero attached hydrogens (tertiary/aromatic N) is 4. The van der Waals surface area contributed by atoms with E-state index in [1.165, 1.54) is 13.8 Å². The minimum atomic E-state index is -1.19. The summed E-state index contributed by atoms with van der Waals surface area (Å²) in [6, 6.07) is 0. The van der Waals surface area contributed by atoms with Crippen LogP contribution in [-0.2, 0) is 38.1 Å². The largest absolute Gasteiger partial charge is 0.411 e. The highest BCUT2D eigenvalue weighted by atomic mass is 16.7. The van der Waals surface area contributed by atoms with E-state index < -0.39 is 36.7 Å². The van der Waals surface area contributed by atoms with Crippen LogP contribution in [0.25, 0.3) is 0 Å². The van der Waals surface area contributed by atoms with Crippen LogP contribution in [0.15, 0.2) is 12.2 Å². The van der Waals surface area contributed by atoms with Crippen LogP contribution in [0.5, 0.6) is 0 Å². The number of likely N-dealkylation sites (N-methyl/N-ethyl adjacent to an activating group) is 2.